The number of amides is 2. The first kappa shape index (κ1) is 24.0. The number of nitrogens with zero attached hydrogens (tertiary/aromatic N) is 4. The second kappa shape index (κ2) is 10.1. The Labute approximate surface area is 209 Å². The lowest BCUT2D eigenvalue weighted by Gasteiger charge is -2.36. The van der Waals surface area contributed by atoms with E-state index in [1.165, 1.54) is 13.2 Å². The van der Waals surface area contributed by atoms with Gasteiger partial charge in [0.05, 0.1) is 12.6 Å². The first-order chi connectivity index (χ1) is 17.5. The van der Waals surface area contributed by atoms with Crippen LogP contribution in [0.1, 0.15) is 31.2 Å². The van der Waals surface area contributed by atoms with Gasteiger partial charge in [-0.2, -0.15) is 0 Å². The lowest BCUT2D eigenvalue weighted by molar-refractivity contribution is -0.132. The number of para-hydroxylation sites is 1. The normalized spacial score (nSPS) is 20.0. The number of piperazine rings is 1. The van der Waals surface area contributed by atoms with Crippen molar-refractivity contribution in [1.29, 1.82) is 0 Å². The number of anilines is 1. The van der Waals surface area contributed by atoms with Crippen molar-refractivity contribution >= 4 is 28.5 Å². The zero-order valence-corrected chi connectivity index (χ0v) is 20.4. The van der Waals surface area contributed by atoms with Crippen LogP contribution in [0.25, 0.3) is 10.9 Å². The molecule has 2 aromatic carbocycles. The van der Waals surface area contributed by atoms with E-state index in [-0.39, 0.29) is 17.6 Å². The van der Waals surface area contributed by atoms with Gasteiger partial charge in [0, 0.05) is 56.0 Å². The predicted molar refractivity (Wildman–Crippen MR) is 134 cm³/mol. The van der Waals surface area contributed by atoms with Crippen molar-refractivity contribution in [2.45, 2.75) is 37.6 Å². The van der Waals surface area contributed by atoms with E-state index in [9.17, 15) is 14.0 Å². The number of carbonyl (C=O) groups excluding carboxylic acids is 2. The molecule has 1 aromatic heterocycles. The van der Waals surface area contributed by atoms with Gasteiger partial charge in [-0.1, -0.05) is 18.2 Å². The third kappa shape index (κ3) is 4.96. The molecule has 0 saturated carbocycles. The average molecular weight is 492 g/mol. The Morgan fingerprint density at radius 2 is 1.94 bits per heavy atom. The summed E-state index contributed by atoms with van der Waals surface area (Å²) in [7, 11) is 1.49. The topological polar surface area (TPSA) is 87.7 Å². The lowest BCUT2D eigenvalue weighted by atomic mass is 9.84. The molecular formula is C27H30FN5O3. The molecule has 2 saturated heterocycles. The van der Waals surface area contributed by atoms with E-state index in [1.54, 1.807) is 18.5 Å². The second-order valence-corrected chi connectivity index (χ2v) is 9.54. The van der Waals surface area contributed by atoms with Crippen LogP contribution in [0, 0.1) is 5.82 Å². The summed E-state index contributed by atoms with van der Waals surface area (Å²) in [5.41, 5.74) is 0.790. The molecule has 2 aliphatic heterocycles. The smallest absolute Gasteiger partial charge is 0.222 e. The maximum atomic E-state index is 14.6. The second-order valence-electron chi connectivity index (χ2n) is 9.54. The molecule has 3 aromatic rings. The van der Waals surface area contributed by atoms with E-state index in [0.717, 1.165) is 16.7 Å². The molecule has 9 heteroatoms. The molecule has 0 aliphatic carbocycles. The summed E-state index contributed by atoms with van der Waals surface area (Å²) in [5, 5.41) is 4.05. The molecule has 8 nitrogen and oxygen atoms in total. The molecule has 0 bridgehead atoms. The van der Waals surface area contributed by atoms with Crippen LogP contribution < -0.4 is 15.0 Å². The number of benzene rings is 2. The van der Waals surface area contributed by atoms with E-state index >= 15 is 0 Å². The van der Waals surface area contributed by atoms with Gasteiger partial charge >= 0.3 is 0 Å². The highest BCUT2D eigenvalue weighted by molar-refractivity contribution is 5.89. The Balaban J connectivity index is 1.21. The summed E-state index contributed by atoms with van der Waals surface area (Å²) in [6, 6.07) is 12.7. The van der Waals surface area contributed by atoms with Gasteiger partial charge < -0.3 is 19.9 Å². The summed E-state index contributed by atoms with van der Waals surface area (Å²) in [4.78, 5) is 38.1. The van der Waals surface area contributed by atoms with Gasteiger partial charge in [0.2, 0.25) is 11.8 Å². The zero-order chi connectivity index (χ0) is 25.1. The number of methoxy groups -OCH3 is 1. The third-order valence-electron chi connectivity index (χ3n) is 7.30. The van der Waals surface area contributed by atoms with Crippen LogP contribution in [0.3, 0.4) is 0 Å². The maximum absolute atomic E-state index is 14.6. The molecule has 3 heterocycles. The standard InChI is InChI=1S/C27H30FN5O3/c1-36-20-7-6-19(22(28)16-20)17-27(10-8-24(34)31-27)11-9-25(35)32-12-14-33(15-13-32)26-21-4-2-3-5-23(21)29-18-30-26/h2-7,16,18H,8-15,17H2,1H3,(H,31,34)/t27-/m0/s1. The molecular weight excluding hydrogens is 461 g/mol. The number of fused-ring (bicyclic) bond motifs is 1. The Kier molecular flexibility index (Phi) is 6.71. The predicted octanol–water partition coefficient (Wildman–Crippen LogP) is 3.10. The first-order valence-corrected chi connectivity index (χ1v) is 12.3. The number of nitrogens with one attached hydrogen (secondary N) is 1. The largest absolute Gasteiger partial charge is 0.497 e. The monoisotopic (exact) mass is 491 g/mol. The average Bonchev–Trinajstić information content (AvgIpc) is 3.28. The van der Waals surface area contributed by atoms with Crippen LogP contribution in [0.15, 0.2) is 48.8 Å². The quantitative estimate of drug-likeness (QED) is 0.547. The zero-order valence-electron chi connectivity index (χ0n) is 20.4. The van der Waals surface area contributed by atoms with Gasteiger partial charge in [0.1, 0.15) is 23.7 Å². The highest BCUT2D eigenvalue weighted by Crippen LogP contribution is 2.32. The Bertz CT molecular complexity index is 1270. The maximum Gasteiger partial charge on any atom is 0.222 e. The molecule has 0 spiro atoms. The van der Waals surface area contributed by atoms with Crippen molar-refractivity contribution < 1.29 is 18.7 Å². The van der Waals surface area contributed by atoms with Crippen LogP contribution in [0.2, 0.25) is 0 Å². The van der Waals surface area contributed by atoms with Crippen molar-refractivity contribution in [3.8, 4) is 5.75 Å². The van der Waals surface area contributed by atoms with Gasteiger partial charge in [0.25, 0.3) is 0 Å². The highest BCUT2D eigenvalue weighted by Gasteiger charge is 2.39. The molecule has 0 unspecified atom stereocenters. The number of rotatable bonds is 7. The van der Waals surface area contributed by atoms with Crippen LogP contribution in [-0.4, -0.2) is 65.5 Å². The molecule has 2 aliphatic rings. The van der Waals surface area contributed by atoms with Crippen LogP contribution in [0.5, 0.6) is 5.75 Å². The molecule has 36 heavy (non-hydrogen) atoms. The molecule has 1 N–H and O–H groups in total. The van der Waals surface area contributed by atoms with E-state index < -0.39 is 5.54 Å². The van der Waals surface area contributed by atoms with Crippen molar-refractivity contribution in [3.63, 3.8) is 0 Å². The van der Waals surface area contributed by atoms with Gasteiger partial charge in [-0.15, -0.1) is 0 Å². The number of hydrogen-bond donors (Lipinski definition) is 1. The van der Waals surface area contributed by atoms with Crippen LogP contribution in [0.4, 0.5) is 10.2 Å². The molecule has 1 atom stereocenters. The molecule has 5 rings (SSSR count). The number of carbonyl (C=O) groups is 2. The lowest BCUT2D eigenvalue weighted by Crippen LogP contribution is -2.50. The number of hydrogen-bond acceptors (Lipinski definition) is 6. The third-order valence-corrected chi connectivity index (χ3v) is 7.30. The SMILES string of the molecule is COc1ccc(C[C@@]2(CCC(=O)N3CCN(c4ncnc5ccccc45)CC3)CCC(=O)N2)c(F)c1. The number of halogens is 1. The summed E-state index contributed by atoms with van der Waals surface area (Å²) >= 11 is 0. The minimum absolute atomic E-state index is 0.0536. The fraction of sp³-hybridized carbons (Fsp3) is 0.407. The minimum atomic E-state index is -0.621. The Morgan fingerprint density at radius 1 is 1.14 bits per heavy atom. The summed E-state index contributed by atoms with van der Waals surface area (Å²) in [6.45, 7) is 2.57. The fourth-order valence-electron chi connectivity index (χ4n) is 5.26. The Morgan fingerprint density at radius 3 is 2.67 bits per heavy atom. The van der Waals surface area contributed by atoms with Crippen LogP contribution in [-0.2, 0) is 16.0 Å². The van der Waals surface area contributed by atoms with Gasteiger partial charge in [-0.3, -0.25) is 9.59 Å². The fourth-order valence-corrected chi connectivity index (χ4v) is 5.26. The summed E-state index contributed by atoms with van der Waals surface area (Å²) < 4.78 is 19.7. The summed E-state index contributed by atoms with van der Waals surface area (Å²) in [5.74, 6) is 0.974. The molecule has 2 fully saturated rings. The van der Waals surface area contributed by atoms with Crippen molar-refractivity contribution in [3.05, 3.63) is 60.2 Å². The van der Waals surface area contributed by atoms with E-state index in [2.05, 4.69) is 20.2 Å². The molecule has 188 valence electrons. The summed E-state index contributed by atoms with van der Waals surface area (Å²) in [6.07, 6.45) is 3.66. The van der Waals surface area contributed by atoms with Crippen LogP contribution >= 0.6 is 0 Å². The molecule has 2 amide bonds. The number of ether oxygens (including phenoxy) is 1. The van der Waals surface area contributed by atoms with E-state index in [0.29, 0.717) is 69.6 Å². The van der Waals surface area contributed by atoms with E-state index in [4.69, 9.17) is 4.74 Å². The van der Waals surface area contributed by atoms with Gasteiger partial charge in [-0.25, -0.2) is 14.4 Å². The first-order valence-electron chi connectivity index (χ1n) is 12.3. The van der Waals surface area contributed by atoms with Crippen molar-refractivity contribution in [2.24, 2.45) is 0 Å². The van der Waals surface area contributed by atoms with E-state index in [1.807, 2.05) is 29.2 Å². The van der Waals surface area contributed by atoms with Gasteiger partial charge in [-0.05, 0) is 43.0 Å². The van der Waals surface area contributed by atoms with Crippen molar-refractivity contribution in [2.75, 3.05) is 38.2 Å². The Hall–Kier alpha value is -3.75. The van der Waals surface area contributed by atoms with Gasteiger partial charge in [0.15, 0.2) is 0 Å². The molecule has 0 radical (unpaired) electrons. The highest BCUT2D eigenvalue weighted by atomic mass is 19.1. The number of aromatic nitrogens is 2. The van der Waals surface area contributed by atoms with Crippen molar-refractivity contribution in [1.82, 2.24) is 20.2 Å². The minimum Gasteiger partial charge on any atom is -0.497 e.